The summed E-state index contributed by atoms with van der Waals surface area (Å²) < 4.78 is 40.3. The van der Waals surface area contributed by atoms with Crippen molar-refractivity contribution >= 4 is 66.7 Å². The van der Waals surface area contributed by atoms with Gasteiger partial charge in [0.05, 0.1) is 45.1 Å². The average Bonchev–Trinajstić information content (AvgIpc) is 1.51. The summed E-state index contributed by atoms with van der Waals surface area (Å²) in [6, 6.07) is 4.90. The Bertz CT molecular complexity index is 6070. The van der Waals surface area contributed by atoms with E-state index in [0.29, 0.717) is 67.4 Å². The lowest BCUT2D eigenvalue weighted by Gasteiger charge is -2.35. The number of nitrogens with one attached hydrogen (secondary N) is 8. The summed E-state index contributed by atoms with van der Waals surface area (Å²) >= 11 is 0. The molecule has 116 heavy (non-hydrogen) atoms. The minimum Gasteiger partial charge on any atom is -0.346 e. The van der Waals surface area contributed by atoms with E-state index in [4.69, 9.17) is 25.6 Å². The zero-order valence-electron chi connectivity index (χ0n) is 75.9. The topological polar surface area (TPSA) is 328 Å². The summed E-state index contributed by atoms with van der Waals surface area (Å²) in [7, 11) is 0. The first kappa shape index (κ1) is 77.0. The molecule has 0 aliphatic heterocycles. The van der Waals surface area contributed by atoms with Crippen molar-refractivity contribution in [3.8, 4) is 0 Å². The molecule has 20 rings (SSSR count). The highest BCUT2D eigenvalue weighted by Crippen LogP contribution is 2.52. The molecule has 0 amide bonds. The van der Waals surface area contributed by atoms with E-state index in [1.165, 1.54) is 73.0 Å². The van der Waals surface area contributed by atoms with Gasteiger partial charge in [0, 0.05) is 113 Å². The van der Waals surface area contributed by atoms with Crippen LogP contribution in [0.25, 0.3) is 66.7 Å². The highest BCUT2D eigenvalue weighted by molar-refractivity contribution is 5.76. The summed E-state index contributed by atoms with van der Waals surface area (Å²) in [6.45, 7) is 50.0. The molecular formula is C91H115N21O4. The van der Waals surface area contributed by atoms with Crippen molar-refractivity contribution in [3.05, 3.63) is 245 Å². The molecule has 16 aromatic rings. The van der Waals surface area contributed by atoms with E-state index in [2.05, 4.69) is 198 Å². The van der Waals surface area contributed by atoms with Crippen LogP contribution < -0.4 is 22.2 Å². The monoisotopic (exact) mass is 1570 g/mol. The predicted octanol–water partition coefficient (Wildman–Crippen LogP) is 18.7. The SMILES string of the molecule is CC.CC.CC.CC.[2H]n1ccc2c(=O)[nH]c([C@@H]3CC[C@H]3c3nc4c(C)c(C)c(C)cn4c3C)nc21.[2H]n1ccc2c(=O)[nH]c([C@H]3CC[C@@H]3c3nc4c(C)c(C)c(C)cn4c3C)nc21.[2H]n1ccc2c(=O)[nH]c([C@H]3CC[C@H]3c3nc4c(C)c(C)c(C)cn4c3C)nc21.[2H]n1ncc2c(=O)[nH]c([C@@H]3CC[C@@H]3c3nc4c(C)c(C)c(C)cn4c3C)nc21. The van der Waals surface area contributed by atoms with Crippen molar-refractivity contribution in [2.75, 3.05) is 0 Å². The van der Waals surface area contributed by atoms with Gasteiger partial charge in [0.25, 0.3) is 22.2 Å². The highest BCUT2D eigenvalue weighted by Gasteiger charge is 2.43. The van der Waals surface area contributed by atoms with E-state index in [9.17, 15) is 19.2 Å². The van der Waals surface area contributed by atoms with Gasteiger partial charge in [-0.3, -0.25) is 24.3 Å². The molecule has 4 aliphatic rings. The molecule has 16 heterocycles. The molecule has 0 bridgehead atoms. The number of fused-ring (bicyclic) bond motifs is 8. The Morgan fingerprint density at radius 2 is 0.526 bits per heavy atom. The fourth-order valence-electron chi connectivity index (χ4n) is 17.1. The second-order valence-corrected chi connectivity index (χ2v) is 30.9. The van der Waals surface area contributed by atoms with E-state index in [1.807, 2.05) is 55.4 Å². The number of aryl methyl sites for hydroxylation is 12. The average molecular weight is 1570 g/mol. The van der Waals surface area contributed by atoms with Crippen LogP contribution in [0.1, 0.15) is 290 Å². The van der Waals surface area contributed by atoms with Crippen LogP contribution in [0.5, 0.6) is 0 Å². The maximum absolute atomic E-state index is 12.4. The molecule has 608 valence electrons. The van der Waals surface area contributed by atoms with E-state index in [-0.39, 0.29) is 69.6 Å². The van der Waals surface area contributed by atoms with Crippen LogP contribution in [-0.4, -0.2) is 103 Å². The lowest BCUT2D eigenvalue weighted by Crippen LogP contribution is -2.27. The maximum Gasteiger partial charge on any atom is 0.262 e. The molecule has 0 saturated heterocycles. The van der Waals surface area contributed by atoms with Gasteiger partial charge in [-0.15, -0.1) is 0 Å². The van der Waals surface area contributed by atoms with Crippen molar-refractivity contribution < 1.29 is 5.65 Å². The molecule has 16 aromatic heterocycles. The number of aromatic amines is 8. The number of rotatable bonds is 8. The quantitative estimate of drug-likeness (QED) is 0.0702. The zero-order valence-corrected chi connectivity index (χ0v) is 71.9. The maximum atomic E-state index is 12.4. The third-order valence-electron chi connectivity index (χ3n) is 25.4. The van der Waals surface area contributed by atoms with Crippen LogP contribution >= 0.6 is 0 Å². The molecular weight excluding hydrogens is 1450 g/mol. The second kappa shape index (κ2) is 33.3. The Balaban J connectivity index is 0.000000134. The van der Waals surface area contributed by atoms with Crippen molar-refractivity contribution in [2.24, 2.45) is 0 Å². The second-order valence-electron chi connectivity index (χ2n) is 30.9. The third kappa shape index (κ3) is 14.2. The fourth-order valence-corrected chi connectivity index (χ4v) is 17.1. The first-order valence-corrected chi connectivity index (χ1v) is 41.6. The molecule has 8 atom stereocenters. The van der Waals surface area contributed by atoms with Crippen LogP contribution in [-0.2, 0) is 0 Å². The van der Waals surface area contributed by atoms with Crippen molar-refractivity contribution in [2.45, 2.75) is 265 Å². The van der Waals surface area contributed by atoms with E-state index < -0.39 is 0 Å². The molecule has 0 aromatic carbocycles. The Morgan fingerprint density at radius 3 is 0.759 bits per heavy atom. The Morgan fingerprint density at radius 1 is 0.302 bits per heavy atom. The first-order chi connectivity index (χ1) is 57.5. The zero-order chi connectivity index (χ0) is 87.0. The molecule has 4 aliphatic carbocycles. The Kier molecular flexibility index (Phi) is 22.1. The lowest BCUT2D eigenvalue weighted by atomic mass is 9.71. The summed E-state index contributed by atoms with van der Waals surface area (Å²) in [6.07, 6.45) is 22.6. The molecule has 25 nitrogen and oxygen atoms in total. The lowest BCUT2D eigenvalue weighted by molar-refractivity contribution is 0.326. The minimum atomic E-state index is -0.238. The molecule has 4 fully saturated rings. The predicted molar refractivity (Wildman–Crippen MR) is 465 cm³/mol. The summed E-state index contributed by atoms with van der Waals surface area (Å²) in [5.74, 6) is 4.00. The highest BCUT2D eigenvalue weighted by atomic mass is 16.1. The van der Waals surface area contributed by atoms with Gasteiger partial charge in [0.2, 0.25) is 0 Å². The van der Waals surface area contributed by atoms with Crippen molar-refractivity contribution in [1.29, 1.82) is 0 Å². The minimum absolute atomic E-state index is 0.0955. The van der Waals surface area contributed by atoms with Gasteiger partial charge in [0.1, 0.15) is 68.2 Å². The number of pyridine rings is 4. The van der Waals surface area contributed by atoms with Gasteiger partial charge in [-0.25, -0.2) is 39.9 Å². The van der Waals surface area contributed by atoms with E-state index in [0.717, 1.165) is 140 Å². The smallest absolute Gasteiger partial charge is 0.262 e. The van der Waals surface area contributed by atoms with Gasteiger partial charge in [0.15, 0.2) is 11.3 Å². The number of hydrogen-bond acceptors (Lipinski definition) is 13. The van der Waals surface area contributed by atoms with Crippen molar-refractivity contribution in [1.82, 2.24) is 103 Å². The van der Waals surface area contributed by atoms with Crippen LogP contribution in [0.2, 0.25) is 5.65 Å². The number of imidazole rings is 4. The van der Waals surface area contributed by atoms with Gasteiger partial charge in [-0.2, -0.15) is 5.10 Å². The molecule has 25 heteroatoms. The molecule has 8 N–H and O–H groups in total. The number of hydrogen-bond donors (Lipinski definition) is 8. The molecule has 0 radical (unpaired) electrons. The van der Waals surface area contributed by atoms with Gasteiger partial charge >= 0.3 is 0 Å². The van der Waals surface area contributed by atoms with E-state index in [1.54, 1.807) is 36.8 Å². The van der Waals surface area contributed by atoms with Crippen LogP contribution in [0.4, 0.5) is 0 Å². The largest absolute Gasteiger partial charge is 0.346 e. The number of nitrogens with zero attached hydrogens (tertiary/aromatic N) is 13. The van der Waals surface area contributed by atoms with Crippen molar-refractivity contribution in [3.63, 3.8) is 0 Å². The first-order valence-electron chi connectivity index (χ1n) is 43.4. The molecule has 0 unspecified atom stereocenters. The van der Waals surface area contributed by atoms with Gasteiger partial charge < -0.3 is 52.5 Å². The van der Waals surface area contributed by atoms with E-state index >= 15 is 0 Å². The van der Waals surface area contributed by atoms with Crippen LogP contribution in [0.3, 0.4) is 0 Å². The fraction of sp³-hybridized carbons (Fsp3) is 0.440. The summed E-state index contributed by atoms with van der Waals surface area (Å²) in [5, 5.41) is 6.46. The van der Waals surface area contributed by atoms with Crippen LogP contribution in [0.15, 0.2) is 87.0 Å². The number of aromatic nitrogens is 21. The van der Waals surface area contributed by atoms with Gasteiger partial charge in [-0.05, 0) is 247 Å². The Labute approximate surface area is 681 Å². The normalized spacial score (nSPS) is 19.0. The summed E-state index contributed by atoms with van der Waals surface area (Å²) in [4.78, 5) is 103. The standard InChI is InChI=1S/3C21H23N5O.C20H22N6O.4C2H6/c3*1-10-9-26-13(4)17(23-20(26)12(3)11(10)2)14-5-6-15(14)19-24-18-16(7-8-22-18)21(27)25-19;1-9-8-26-12(4)16(22-19(26)11(3)10(9)2)13-5-6-14(13)17-23-18-15(7-21-25-18)20(27)24-17;4*1-2/h3*7-9,14-15H,5-6H2,1-4H3,(H2,22,24,25,27);7-8,13-14H,5-6H2,1-4H3,(H2,21,23,24,25,27);4*1-2H3/t14-,15+;2*14-,15-;13-,14+;;;;/m1100..../s1/i/hD4. The van der Waals surface area contributed by atoms with Crippen LogP contribution in [0, 0.1) is 111 Å². The Hall–Kier alpha value is -11.6. The number of H-pyrrole nitrogens is 8. The molecule has 4 saturated carbocycles. The third-order valence-corrected chi connectivity index (χ3v) is 25.4. The molecule has 0 spiro atoms. The summed E-state index contributed by atoms with van der Waals surface area (Å²) in [5.41, 5.74) is 28.8. The van der Waals surface area contributed by atoms with Gasteiger partial charge in [-0.1, -0.05) is 55.4 Å².